The molecule has 1 aromatic heterocycles. The summed E-state index contributed by atoms with van der Waals surface area (Å²) >= 11 is 1.46. The Kier molecular flexibility index (Phi) is 5.44. The molecule has 0 unspecified atom stereocenters. The van der Waals surface area contributed by atoms with Crippen molar-refractivity contribution in [1.29, 1.82) is 0 Å². The minimum atomic E-state index is -0.903. The van der Waals surface area contributed by atoms with Crippen LogP contribution in [0.15, 0.2) is 24.4 Å². The number of hydrogen-bond acceptors (Lipinski definition) is 4. The summed E-state index contributed by atoms with van der Waals surface area (Å²) in [7, 11) is 0. The SMILES string of the molecule is CC[C@@H](NC(=O)C(=O)Nc1ccc(C)cc1F)c1ncc(C)s1. The smallest absolute Gasteiger partial charge is 0.313 e. The summed E-state index contributed by atoms with van der Waals surface area (Å²) in [5, 5.41) is 5.65. The molecule has 0 spiro atoms. The maximum atomic E-state index is 13.7. The number of anilines is 1. The number of hydrogen-bond donors (Lipinski definition) is 2. The summed E-state index contributed by atoms with van der Waals surface area (Å²) < 4.78 is 13.7. The van der Waals surface area contributed by atoms with Crippen LogP contribution in [0, 0.1) is 19.7 Å². The minimum absolute atomic E-state index is 0.0195. The van der Waals surface area contributed by atoms with E-state index in [1.807, 2.05) is 13.8 Å². The zero-order valence-corrected chi connectivity index (χ0v) is 14.0. The molecule has 0 fully saturated rings. The summed E-state index contributed by atoms with van der Waals surface area (Å²) in [5.41, 5.74) is 0.712. The van der Waals surface area contributed by atoms with Gasteiger partial charge in [-0.3, -0.25) is 9.59 Å². The normalized spacial score (nSPS) is 11.8. The maximum absolute atomic E-state index is 13.7. The lowest BCUT2D eigenvalue weighted by Gasteiger charge is -2.14. The monoisotopic (exact) mass is 335 g/mol. The van der Waals surface area contributed by atoms with Crippen molar-refractivity contribution in [3.63, 3.8) is 0 Å². The first kappa shape index (κ1) is 17.1. The zero-order valence-electron chi connectivity index (χ0n) is 13.1. The second-order valence-electron chi connectivity index (χ2n) is 5.18. The Labute approximate surface area is 137 Å². The van der Waals surface area contributed by atoms with Gasteiger partial charge in [-0.2, -0.15) is 0 Å². The lowest BCUT2D eigenvalue weighted by atomic mass is 10.2. The molecule has 0 saturated carbocycles. The molecular formula is C16H18FN3O2S. The van der Waals surface area contributed by atoms with Crippen molar-refractivity contribution in [2.24, 2.45) is 0 Å². The van der Waals surface area contributed by atoms with Crippen LogP contribution in [-0.4, -0.2) is 16.8 Å². The molecule has 2 amide bonds. The third-order valence-corrected chi connectivity index (χ3v) is 4.26. The fourth-order valence-corrected chi connectivity index (χ4v) is 2.90. The van der Waals surface area contributed by atoms with Gasteiger partial charge in [0.05, 0.1) is 11.7 Å². The van der Waals surface area contributed by atoms with E-state index in [0.717, 1.165) is 15.4 Å². The van der Waals surface area contributed by atoms with Gasteiger partial charge in [0.2, 0.25) is 0 Å². The molecule has 2 N–H and O–H groups in total. The molecule has 2 aromatic rings. The fraction of sp³-hybridized carbons (Fsp3) is 0.312. The second kappa shape index (κ2) is 7.32. The molecule has 2 rings (SSSR count). The summed E-state index contributed by atoms with van der Waals surface area (Å²) in [6.07, 6.45) is 2.32. The molecule has 1 heterocycles. The molecule has 0 saturated heterocycles. The van der Waals surface area contributed by atoms with Crippen molar-refractivity contribution in [2.75, 3.05) is 5.32 Å². The Morgan fingerprint density at radius 1 is 1.30 bits per heavy atom. The van der Waals surface area contributed by atoms with Gasteiger partial charge >= 0.3 is 11.8 Å². The van der Waals surface area contributed by atoms with Gasteiger partial charge in [-0.05, 0) is 38.0 Å². The third-order valence-electron chi connectivity index (χ3n) is 3.23. The molecule has 0 aliphatic carbocycles. The van der Waals surface area contributed by atoms with Crippen molar-refractivity contribution in [3.05, 3.63) is 45.7 Å². The molecule has 0 aliphatic rings. The molecule has 7 heteroatoms. The number of nitrogens with zero attached hydrogens (tertiary/aromatic N) is 1. The Morgan fingerprint density at radius 2 is 2.04 bits per heavy atom. The summed E-state index contributed by atoms with van der Waals surface area (Å²) in [6, 6.07) is 4.04. The van der Waals surface area contributed by atoms with Gasteiger partial charge in [-0.15, -0.1) is 11.3 Å². The average Bonchev–Trinajstić information content (AvgIpc) is 2.93. The van der Waals surface area contributed by atoms with E-state index < -0.39 is 17.6 Å². The van der Waals surface area contributed by atoms with E-state index in [0.29, 0.717) is 6.42 Å². The lowest BCUT2D eigenvalue weighted by Crippen LogP contribution is -2.37. The van der Waals surface area contributed by atoms with E-state index in [4.69, 9.17) is 0 Å². The highest BCUT2D eigenvalue weighted by Gasteiger charge is 2.21. The number of carbonyl (C=O) groups is 2. The number of thiazole rings is 1. The second-order valence-corrected chi connectivity index (χ2v) is 6.45. The highest BCUT2D eigenvalue weighted by molar-refractivity contribution is 7.11. The van der Waals surface area contributed by atoms with Crippen molar-refractivity contribution < 1.29 is 14.0 Å². The van der Waals surface area contributed by atoms with Crippen LogP contribution in [0.5, 0.6) is 0 Å². The first-order valence-corrected chi connectivity index (χ1v) is 8.02. The molecule has 0 bridgehead atoms. The van der Waals surface area contributed by atoms with Gasteiger partial charge in [0.25, 0.3) is 0 Å². The number of aromatic nitrogens is 1. The van der Waals surface area contributed by atoms with Gasteiger partial charge in [0, 0.05) is 11.1 Å². The Bertz CT molecular complexity index is 730. The van der Waals surface area contributed by atoms with Crippen LogP contribution in [0.25, 0.3) is 0 Å². The van der Waals surface area contributed by atoms with Crippen LogP contribution in [0.1, 0.15) is 34.8 Å². The molecule has 0 aliphatic heterocycles. The quantitative estimate of drug-likeness (QED) is 0.844. The molecule has 1 aromatic carbocycles. The van der Waals surface area contributed by atoms with Crippen LogP contribution in [0.2, 0.25) is 0 Å². The number of halogens is 1. The maximum Gasteiger partial charge on any atom is 0.313 e. The number of aryl methyl sites for hydroxylation is 2. The van der Waals surface area contributed by atoms with Gasteiger partial charge in [-0.25, -0.2) is 9.37 Å². The zero-order chi connectivity index (χ0) is 17.0. The number of rotatable bonds is 4. The van der Waals surface area contributed by atoms with E-state index in [1.165, 1.54) is 23.5 Å². The predicted molar refractivity (Wildman–Crippen MR) is 87.8 cm³/mol. The largest absolute Gasteiger partial charge is 0.339 e. The highest BCUT2D eigenvalue weighted by Crippen LogP contribution is 2.22. The topological polar surface area (TPSA) is 71.1 Å². The molecule has 1 atom stereocenters. The van der Waals surface area contributed by atoms with E-state index in [1.54, 1.807) is 19.2 Å². The molecule has 0 radical (unpaired) electrons. The molecule has 5 nitrogen and oxygen atoms in total. The molecule has 23 heavy (non-hydrogen) atoms. The minimum Gasteiger partial charge on any atom is -0.339 e. The summed E-state index contributed by atoms with van der Waals surface area (Å²) in [4.78, 5) is 29.2. The van der Waals surface area contributed by atoms with Crippen LogP contribution in [-0.2, 0) is 9.59 Å². The van der Waals surface area contributed by atoms with E-state index in [-0.39, 0.29) is 11.7 Å². The Balaban J connectivity index is 2.03. The van der Waals surface area contributed by atoms with E-state index >= 15 is 0 Å². The Hall–Kier alpha value is -2.28. The third kappa shape index (κ3) is 4.35. The van der Waals surface area contributed by atoms with Crippen molar-refractivity contribution in [2.45, 2.75) is 33.2 Å². The van der Waals surface area contributed by atoms with Crippen molar-refractivity contribution in [3.8, 4) is 0 Å². The van der Waals surface area contributed by atoms with Gasteiger partial charge < -0.3 is 10.6 Å². The van der Waals surface area contributed by atoms with E-state index in [9.17, 15) is 14.0 Å². The predicted octanol–water partition coefficient (Wildman–Crippen LogP) is 3.11. The number of amides is 2. The number of nitrogens with one attached hydrogen (secondary N) is 2. The number of carbonyl (C=O) groups excluding carboxylic acids is 2. The summed E-state index contributed by atoms with van der Waals surface area (Å²) in [5.74, 6) is -2.29. The first-order valence-electron chi connectivity index (χ1n) is 7.21. The molecular weight excluding hydrogens is 317 g/mol. The average molecular weight is 335 g/mol. The fourth-order valence-electron chi connectivity index (χ4n) is 2.00. The van der Waals surface area contributed by atoms with Crippen LogP contribution in [0.4, 0.5) is 10.1 Å². The highest BCUT2D eigenvalue weighted by atomic mass is 32.1. The first-order chi connectivity index (χ1) is 10.9. The summed E-state index contributed by atoms with van der Waals surface area (Å²) in [6.45, 7) is 5.55. The van der Waals surface area contributed by atoms with Gasteiger partial charge in [0.15, 0.2) is 0 Å². The van der Waals surface area contributed by atoms with Crippen molar-refractivity contribution >= 4 is 28.8 Å². The van der Waals surface area contributed by atoms with Crippen LogP contribution < -0.4 is 10.6 Å². The lowest BCUT2D eigenvalue weighted by molar-refractivity contribution is -0.136. The van der Waals surface area contributed by atoms with Crippen LogP contribution in [0.3, 0.4) is 0 Å². The van der Waals surface area contributed by atoms with Gasteiger partial charge in [-0.1, -0.05) is 13.0 Å². The van der Waals surface area contributed by atoms with Crippen molar-refractivity contribution in [1.82, 2.24) is 10.3 Å². The van der Waals surface area contributed by atoms with Gasteiger partial charge in [0.1, 0.15) is 10.8 Å². The van der Waals surface area contributed by atoms with Crippen LogP contribution >= 0.6 is 11.3 Å². The van der Waals surface area contributed by atoms with E-state index in [2.05, 4.69) is 15.6 Å². The standard InChI is InChI=1S/C16H18FN3O2S/c1-4-12(16-18-8-10(3)23-16)19-14(21)15(22)20-13-6-5-9(2)7-11(13)17/h5-8,12H,4H2,1-3H3,(H,19,21)(H,20,22)/t12-/m1/s1. The molecule has 122 valence electrons. The Morgan fingerprint density at radius 3 is 2.61 bits per heavy atom. The number of benzene rings is 1.